The third-order valence-electron chi connectivity index (χ3n) is 12.8. The largest absolute Gasteiger partial charge is 0.488 e. The van der Waals surface area contributed by atoms with E-state index in [2.05, 4.69) is 37.1 Å². The molecule has 0 bridgehead atoms. The lowest BCUT2D eigenvalue weighted by Gasteiger charge is -2.37. The molecule has 3 unspecified atom stereocenters. The number of hydrogen-bond donors (Lipinski definition) is 3. The van der Waals surface area contributed by atoms with Gasteiger partial charge in [-0.1, -0.05) is 30.8 Å². The van der Waals surface area contributed by atoms with E-state index in [1.54, 1.807) is 11.0 Å². The smallest absolute Gasteiger partial charge is 0.326 e. The summed E-state index contributed by atoms with van der Waals surface area (Å²) in [6.07, 6.45) is 5.68. The minimum absolute atomic E-state index is 0.00605. The molecule has 3 fully saturated rings. The van der Waals surface area contributed by atoms with Crippen LogP contribution in [-0.2, 0) is 31.2 Å². The van der Waals surface area contributed by atoms with Crippen molar-refractivity contribution >= 4 is 58.0 Å². The Morgan fingerprint density at radius 2 is 1.67 bits per heavy atom. The number of para-hydroxylation sites is 1. The van der Waals surface area contributed by atoms with Gasteiger partial charge in [0.1, 0.15) is 59.7 Å². The summed E-state index contributed by atoms with van der Waals surface area (Å²) in [7, 11) is 0. The van der Waals surface area contributed by atoms with E-state index in [1.165, 1.54) is 46.1 Å². The van der Waals surface area contributed by atoms with Crippen molar-refractivity contribution in [2.75, 3.05) is 65.7 Å². The van der Waals surface area contributed by atoms with Gasteiger partial charge in [0, 0.05) is 84.3 Å². The van der Waals surface area contributed by atoms with Gasteiger partial charge in [-0.2, -0.15) is 5.10 Å². The van der Waals surface area contributed by atoms with E-state index >= 15 is 4.39 Å². The summed E-state index contributed by atoms with van der Waals surface area (Å²) in [5.74, 6) is -2.59. The van der Waals surface area contributed by atoms with Crippen LogP contribution in [0.4, 0.5) is 36.3 Å². The van der Waals surface area contributed by atoms with Crippen LogP contribution in [0.3, 0.4) is 0 Å². The van der Waals surface area contributed by atoms with Crippen molar-refractivity contribution in [3.63, 3.8) is 0 Å². The maximum atomic E-state index is 15.0. The molecule has 0 spiro atoms. The van der Waals surface area contributed by atoms with Crippen molar-refractivity contribution in [3.8, 4) is 5.75 Å². The fraction of sp³-hybridized carbons (Fsp3) is 0.340. The highest BCUT2D eigenvalue weighted by atomic mass is 32.2. The number of rotatable bonds is 16. The quantitative estimate of drug-likeness (QED) is 0.0934. The maximum absolute atomic E-state index is 15.0. The number of allylic oxidation sites excluding steroid dienone is 1. The van der Waals surface area contributed by atoms with Gasteiger partial charge in [-0.25, -0.2) is 28.0 Å². The van der Waals surface area contributed by atoms with Gasteiger partial charge >= 0.3 is 12.0 Å². The zero-order valence-electron chi connectivity index (χ0n) is 38.3. The molecule has 5 atom stereocenters. The number of amides is 3. The lowest BCUT2D eigenvalue weighted by Crippen LogP contribution is -2.53. The number of carbonyl (C=O) groups excluding carboxylic acids is 2. The monoisotopic (exact) mass is 961 g/mol. The normalized spacial score (nSPS) is 21.8. The van der Waals surface area contributed by atoms with E-state index in [4.69, 9.17) is 14.2 Å². The predicted molar refractivity (Wildman–Crippen MR) is 259 cm³/mol. The first-order chi connectivity index (χ1) is 33.3. The number of carboxylic acid groups (broad SMARTS) is 1. The van der Waals surface area contributed by atoms with E-state index in [-0.39, 0.29) is 43.8 Å². The molecule has 0 radical (unpaired) electrons. The van der Waals surface area contributed by atoms with Crippen molar-refractivity contribution in [2.45, 2.75) is 62.2 Å². The molecule has 0 aliphatic carbocycles. The Labute approximate surface area is 402 Å². The number of benzene rings is 4. The van der Waals surface area contributed by atoms with Gasteiger partial charge in [-0.15, -0.1) is 11.8 Å². The third kappa shape index (κ3) is 9.84. The summed E-state index contributed by atoms with van der Waals surface area (Å²) >= 11 is 1.37. The molecule has 5 heterocycles. The summed E-state index contributed by atoms with van der Waals surface area (Å²) in [5, 5.41) is 19.9. The SMILES string of the molecule is C=C1C=C(CC(NC(=O)C2C(SC)N(C(C)C)C(=O)N2c2ccc(N3CCN(c4ccc(OC[C@H]5OC[C@](Cn6cncn6)(c6ccc(F)cc6F)O5)cc4)CC3)cc2)C(=O)O)c2ccccc2N1. The predicted octanol–water partition coefficient (Wildman–Crippen LogP) is 6.92. The zero-order chi connectivity index (χ0) is 48.4. The van der Waals surface area contributed by atoms with Gasteiger partial charge in [0.15, 0.2) is 6.29 Å². The van der Waals surface area contributed by atoms with Crippen LogP contribution < -0.4 is 30.1 Å². The molecule has 16 nitrogen and oxygen atoms in total. The summed E-state index contributed by atoms with van der Waals surface area (Å²) in [6.45, 7) is 10.9. The van der Waals surface area contributed by atoms with Gasteiger partial charge in [0.2, 0.25) is 5.91 Å². The van der Waals surface area contributed by atoms with Crippen LogP contribution in [-0.4, -0.2) is 118 Å². The number of halogens is 2. The fourth-order valence-electron chi connectivity index (χ4n) is 9.46. The number of carboxylic acids is 1. The molecule has 360 valence electrons. The number of hydrogen-bond acceptors (Lipinski definition) is 12. The molecule has 1 aromatic heterocycles. The van der Waals surface area contributed by atoms with Gasteiger partial charge in [0.25, 0.3) is 0 Å². The Morgan fingerprint density at radius 3 is 2.30 bits per heavy atom. The van der Waals surface area contributed by atoms with Gasteiger partial charge in [0.05, 0.1) is 13.2 Å². The van der Waals surface area contributed by atoms with Crippen molar-refractivity contribution in [3.05, 3.63) is 145 Å². The zero-order valence-corrected chi connectivity index (χ0v) is 39.2. The summed E-state index contributed by atoms with van der Waals surface area (Å²) < 4.78 is 48.6. The van der Waals surface area contributed by atoms with E-state index in [9.17, 15) is 23.9 Å². The number of aromatic nitrogens is 3. The molecule has 9 rings (SSSR count). The Morgan fingerprint density at radius 1 is 0.986 bits per heavy atom. The van der Waals surface area contributed by atoms with E-state index < -0.39 is 52.9 Å². The van der Waals surface area contributed by atoms with Crippen LogP contribution in [0.5, 0.6) is 5.75 Å². The molecule has 19 heteroatoms. The summed E-state index contributed by atoms with van der Waals surface area (Å²) in [4.78, 5) is 53.0. The number of urea groups is 1. The number of fused-ring (bicyclic) bond motifs is 1. The number of nitrogens with zero attached hydrogens (tertiary/aromatic N) is 7. The highest BCUT2D eigenvalue weighted by molar-refractivity contribution is 7.99. The second kappa shape index (κ2) is 19.9. The number of piperazine rings is 1. The van der Waals surface area contributed by atoms with Crippen molar-refractivity contribution in [2.24, 2.45) is 0 Å². The van der Waals surface area contributed by atoms with Crippen molar-refractivity contribution in [1.29, 1.82) is 0 Å². The molecule has 3 saturated heterocycles. The molecule has 3 amide bonds. The number of thioether (sulfide) groups is 1. The Hall–Kier alpha value is -6.96. The van der Waals surface area contributed by atoms with Crippen molar-refractivity contribution in [1.82, 2.24) is 25.0 Å². The Balaban J connectivity index is 0.817. The van der Waals surface area contributed by atoms with Crippen LogP contribution in [0.25, 0.3) is 5.57 Å². The average Bonchev–Trinajstić information content (AvgIpc) is 4.09. The van der Waals surface area contributed by atoms with Gasteiger partial charge in [-0.05, 0) is 92.4 Å². The van der Waals surface area contributed by atoms with Gasteiger partial charge in [-0.3, -0.25) is 9.69 Å². The van der Waals surface area contributed by atoms with Crippen LogP contribution in [0.2, 0.25) is 0 Å². The average molecular weight is 962 g/mol. The van der Waals surface area contributed by atoms with Gasteiger partial charge < -0.3 is 44.7 Å². The lowest BCUT2D eigenvalue weighted by atomic mass is 9.93. The van der Waals surface area contributed by atoms with Crippen LogP contribution in [0, 0.1) is 11.6 Å². The van der Waals surface area contributed by atoms with E-state index in [0.29, 0.717) is 17.1 Å². The van der Waals surface area contributed by atoms with Crippen LogP contribution in [0.15, 0.2) is 122 Å². The van der Waals surface area contributed by atoms with E-state index in [1.807, 2.05) is 92.9 Å². The summed E-state index contributed by atoms with van der Waals surface area (Å²) in [6, 6.07) is 23.4. The molecular formula is C50H53F2N9O7S. The highest BCUT2D eigenvalue weighted by Gasteiger charge is 2.51. The minimum atomic E-state index is -1.28. The molecule has 4 aliphatic rings. The second-order valence-corrected chi connectivity index (χ2v) is 18.5. The second-order valence-electron chi connectivity index (χ2n) is 17.6. The van der Waals surface area contributed by atoms with Crippen molar-refractivity contribution < 1.29 is 42.5 Å². The van der Waals surface area contributed by atoms with E-state index in [0.717, 1.165) is 60.4 Å². The fourth-order valence-corrected chi connectivity index (χ4v) is 10.5. The number of carbonyl (C=O) groups is 3. The number of aliphatic carboxylic acids is 1. The number of anilines is 4. The number of nitrogens with one attached hydrogen (secondary N) is 2. The maximum Gasteiger partial charge on any atom is 0.326 e. The van der Waals surface area contributed by atoms with Crippen LogP contribution >= 0.6 is 11.8 Å². The molecule has 4 aliphatic heterocycles. The molecule has 5 aromatic rings. The third-order valence-corrected chi connectivity index (χ3v) is 13.8. The molecule has 4 aromatic carbocycles. The summed E-state index contributed by atoms with van der Waals surface area (Å²) in [5.41, 5.74) is 4.36. The molecule has 3 N–H and O–H groups in total. The molecule has 69 heavy (non-hydrogen) atoms. The Bertz CT molecular complexity index is 2720. The first-order valence-electron chi connectivity index (χ1n) is 22.6. The molecule has 0 saturated carbocycles. The standard InChI is InChI=1S/C50H53F2N9O7S/c1-31(2)60-47(69-4)45(46(62)56-43(48(63)64)24-33-23-32(3)55-42-8-6-5-7-39(33)42)61(49(60)65)37-12-10-35(11-13-37)57-19-21-58(22-20-57)36-14-16-38(17-15-36)66-26-44-67-28-50(68-44,27-59-30-53-29-54-59)40-18-9-34(51)25-41(40)52/h5-18,23,25,29-31,43-45,47,55H,3,19-22,24,26-28H2,1-2,4H3,(H,56,62)(H,63,64)/t43?,44-,45?,47?,50+/m0/s1. The topological polar surface area (TPSA) is 167 Å². The Kier molecular flexibility index (Phi) is 13.6. The minimum Gasteiger partial charge on any atom is -0.488 e. The molecular weight excluding hydrogens is 909 g/mol. The first-order valence-corrected chi connectivity index (χ1v) is 23.9. The lowest BCUT2D eigenvalue weighted by molar-refractivity contribution is -0.141. The highest BCUT2D eigenvalue weighted by Crippen LogP contribution is 2.39. The first kappa shape index (κ1) is 47.1. The van der Waals surface area contributed by atoms with Crippen LogP contribution in [0.1, 0.15) is 31.4 Å². The number of ether oxygens (including phenoxy) is 3.